The van der Waals surface area contributed by atoms with Crippen LogP contribution in [0.4, 0.5) is 11.4 Å². The molecule has 0 aliphatic rings. The van der Waals surface area contributed by atoms with Crippen molar-refractivity contribution in [3.8, 4) is 0 Å². The fourth-order valence-corrected chi connectivity index (χ4v) is 3.05. The summed E-state index contributed by atoms with van der Waals surface area (Å²) in [7, 11) is 0. The minimum atomic E-state index is 0.906. The highest BCUT2D eigenvalue weighted by molar-refractivity contribution is 9.11. The molecule has 0 aliphatic heterocycles. The number of halogens is 3. The summed E-state index contributed by atoms with van der Waals surface area (Å²) < 4.78 is 3.14. The van der Waals surface area contributed by atoms with E-state index in [1.807, 2.05) is 73.0 Å². The van der Waals surface area contributed by atoms with Crippen LogP contribution in [0.25, 0.3) is 5.70 Å². The lowest BCUT2D eigenvalue weighted by Crippen LogP contribution is -1.99. The van der Waals surface area contributed by atoms with E-state index in [0.29, 0.717) is 0 Å². The number of nitrogens with zero attached hydrogens (tertiary/aromatic N) is 1. The van der Waals surface area contributed by atoms with Crippen molar-refractivity contribution in [2.24, 2.45) is 4.99 Å². The predicted molar refractivity (Wildman–Crippen MR) is 122 cm³/mol. The Morgan fingerprint density at radius 3 is 1.77 bits per heavy atom. The molecule has 0 heterocycles. The first-order valence-corrected chi connectivity index (χ1v) is 10.3. The first-order valence-electron chi connectivity index (χ1n) is 7.88. The highest BCUT2D eigenvalue weighted by Crippen LogP contribution is 2.22. The van der Waals surface area contributed by atoms with Crippen LogP contribution >= 0.6 is 47.8 Å². The average Bonchev–Trinajstić information content (AvgIpc) is 2.65. The molecule has 0 spiro atoms. The molecular weight excluding hydrogens is 520 g/mol. The van der Waals surface area contributed by atoms with E-state index >= 15 is 0 Å². The highest BCUT2D eigenvalue weighted by atomic mass is 79.9. The molecule has 0 aliphatic carbocycles. The van der Waals surface area contributed by atoms with Gasteiger partial charge in [0.1, 0.15) is 0 Å². The number of benzene rings is 3. The van der Waals surface area contributed by atoms with Gasteiger partial charge in [-0.1, -0.05) is 59.9 Å². The maximum Gasteiger partial charge on any atom is 0.0630 e. The summed E-state index contributed by atoms with van der Waals surface area (Å²) >= 11 is 10.4. The van der Waals surface area contributed by atoms with E-state index in [1.54, 1.807) is 0 Å². The van der Waals surface area contributed by atoms with E-state index in [4.69, 9.17) is 0 Å². The largest absolute Gasteiger partial charge is 0.355 e. The van der Waals surface area contributed by atoms with Gasteiger partial charge in [-0.2, -0.15) is 0 Å². The zero-order valence-corrected chi connectivity index (χ0v) is 18.4. The molecule has 1 N–H and O–H groups in total. The maximum absolute atomic E-state index is 4.51. The topological polar surface area (TPSA) is 24.4 Å². The van der Waals surface area contributed by atoms with Crippen molar-refractivity contribution in [2.75, 3.05) is 5.32 Å². The zero-order valence-electron chi connectivity index (χ0n) is 13.7. The van der Waals surface area contributed by atoms with E-state index < -0.39 is 0 Å². The van der Waals surface area contributed by atoms with Crippen molar-refractivity contribution < 1.29 is 0 Å². The molecule has 5 heteroatoms. The molecule has 0 unspecified atom stereocenters. The lowest BCUT2D eigenvalue weighted by atomic mass is 10.1. The van der Waals surface area contributed by atoms with Crippen LogP contribution in [0.5, 0.6) is 0 Å². The Labute approximate surface area is 178 Å². The zero-order chi connectivity index (χ0) is 18.4. The quantitative estimate of drug-likeness (QED) is 0.331. The number of rotatable bonds is 5. The van der Waals surface area contributed by atoms with Crippen molar-refractivity contribution in [1.82, 2.24) is 0 Å². The number of aliphatic imine (C=N–C) groups is 1. The second kappa shape index (κ2) is 9.31. The Balaban J connectivity index is 1.87. The van der Waals surface area contributed by atoms with Gasteiger partial charge in [-0.05, 0) is 72.3 Å². The molecule has 0 atom stereocenters. The lowest BCUT2D eigenvalue weighted by Gasteiger charge is -2.11. The van der Waals surface area contributed by atoms with Crippen LogP contribution < -0.4 is 5.32 Å². The standard InChI is InChI=1S/C21H15Br3N2/c22-16-3-1-15(2-4-16)21(26-20-11-7-18(24)8-12-20)13-14-25-19-9-5-17(23)6-10-19/h1-14,26H/b21-13-,25-14?. The monoisotopic (exact) mass is 532 g/mol. The van der Waals surface area contributed by atoms with Crippen molar-refractivity contribution in [1.29, 1.82) is 0 Å². The van der Waals surface area contributed by atoms with Gasteiger partial charge in [0.2, 0.25) is 0 Å². The Kier molecular flexibility index (Phi) is 6.83. The Bertz CT molecular complexity index is 913. The number of hydrogen-bond donors (Lipinski definition) is 1. The summed E-state index contributed by atoms with van der Waals surface area (Å²) in [5, 5.41) is 3.46. The summed E-state index contributed by atoms with van der Waals surface area (Å²) in [6.07, 6.45) is 3.79. The first kappa shape index (κ1) is 19.1. The molecule has 130 valence electrons. The van der Waals surface area contributed by atoms with Crippen molar-refractivity contribution in [3.63, 3.8) is 0 Å². The Morgan fingerprint density at radius 2 is 1.19 bits per heavy atom. The van der Waals surface area contributed by atoms with Gasteiger partial charge in [0.15, 0.2) is 0 Å². The molecule has 3 aromatic carbocycles. The number of anilines is 1. The third-order valence-electron chi connectivity index (χ3n) is 3.57. The van der Waals surface area contributed by atoms with Gasteiger partial charge in [0.05, 0.1) is 5.69 Å². The molecule has 0 radical (unpaired) electrons. The van der Waals surface area contributed by atoms with Gasteiger partial charge in [0.25, 0.3) is 0 Å². The Hall–Kier alpha value is -1.69. The summed E-state index contributed by atoms with van der Waals surface area (Å²) in [5.41, 5.74) is 3.97. The minimum absolute atomic E-state index is 0.906. The third-order valence-corrected chi connectivity index (χ3v) is 5.16. The van der Waals surface area contributed by atoms with E-state index in [9.17, 15) is 0 Å². The van der Waals surface area contributed by atoms with Crippen LogP contribution in [0.3, 0.4) is 0 Å². The van der Waals surface area contributed by atoms with Crippen LogP contribution in [-0.4, -0.2) is 6.21 Å². The van der Waals surface area contributed by atoms with Crippen molar-refractivity contribution in [2.45, 2.75) is 0 Å². The SMILES string of the molecule is Brc1ccc(N=C/C=C(\Nc2ccc(Br)cc2)c2ccc(Br)cc2)cc1. The normalized spacial score (nSPS) is 11.7. The maximum atomic E-state index is 4.51. The van der Waals surface area contributed by atoms with Crippen molar-refractivity contribution in [3.05, 3.63) is 97.9 Å². The highest BCUT2D eigenvalue weighted by Gasteiger charge is 2.02. The first-order chi connectivity index (χ1) is 12.6. The molecule has 0 bridgehead atoms. The molecule has 0 aromatic heterocycles. The van der Waals surface area contributed by atoms with E-state index in [-0.39, 0.29) is 0 Å². The second-order valence-corrected chi connectivity index (χ2v) is 8.22. The molecule has 0 saturated carbocycles. The summed E-state index contributed by atoms with van der Waals surface area (Å²) in [4.78, 5) is 4.51. The summed E-state index contributed by atoms with van der Waals surface area (Å²) in [6.45, 7) is 0. The summed E-state index contributed by atoms with van der Waals surface area (Å²) in [6, 6.07) is 24.2. The van der Waals surface area contributed by atoms with Crippen LogP contribution in [0.2, 0.25) is 0 Å². The smallest absolute Gasteiger partial charge is 0.0630 e. The molecular formula is C21H15Br3N2. The molecule has 0 amide bonds. The number of nitrogens with one attached hydrogen (secondary N) is 1. The predicted octanol–water partition coefficient (Wildman–Crippen LogP) is 7.83. The molecule has 26 heavy (non-hydrogen) atoms. The van der Waals surface area contributed by atoms with Crippen LogP contribution in [0.1, 0.15) is 5.56 Å². The number of hydrogen-bond acceptors (Lipinski definition) is 2. The van der Waals surface area contributed by atoms with Crippen molar-refractivity contribution >= 4 is 71.1 Å². The third kappa shape index (κ3) is 5.66. The van der Waals surface area contributed by atoms with Crippen LogP contribution in [-0.2, 0) is 0 Å². The molecule has 0 fully saturated rings. The Morgan fingerprint density at radius 1 is 0.692 bits per heavy atom. The van der Waals surface area contributed by atoms with Gasteiger partial charge in [0, 0.05) is 31.0 Å². The van der Waals surface area contributed by atoms with Gasteiger partial charge >= 0.3 is 0 Å². The molecule has 3 aromatic rings. The minimum Gasteiger partial charge on any atom is -0.355 e. The molecule has 0 saturated heterocycles. The lowest BCUT2D eigenvalue weighted by molar-refractivity contribution is 1.50. The van der Waals surface area contributed by atoms with Crippen LogP contribution in [0, 0.1) is 0 Å². The van der Waals surface area contributed by atoms with E-state index in [2.05, 4.69) is 70.2 Å². The second-order valence-electron chi connectivity index (χ2n) is 5.47. The van der Waals surface area contributed by atoms with Gasteiger partial charge < -0.3 is 5.32 Å². The van der Waals surface area contributed by atoms with E-state index in [0.717, 1.165) is 36.1 Å². The fourth-order valence-electron chi connectivity index (χ4n) is 2.25. The van der Waals surface area contributed by atoms with Gasteiger partial charge in [-0.3, -0.25) is 4.99 Å². The molecule has 2 nitrogen and oxygen atoms in total. The van der Waals surface area contributed by atoms with Gasteiger partial charge in [-0.25, -0.2) is 0 Å². The van der Waals surface area contributed by atoms with Crippen LogP contribution in [0.15, 0.2) is 97.3 Å². The fraction of sp³-hybridized carbons (Fsp3) is 0. The average molecular weight is 535 g/mol. The van der Waals surface area contributed by atoms with E-state index in [1.165, 1.54) is 0 Å². The number of allylic oxidation sites excluding steroid dienone is 1. The molecule has 3 rings (SSSR count). The summed E-state index contributed by atoms with van der Waals surface area (Å²) in [5.74, 6) is 0. The van der Waals surface area contributed by atoms with Gasteiger partial charge in [-0.15, -0.1) is 0 Å².